The van der Waals surface area contributed by atoms with Crippen LogP contribution in [0.5, 0.6) is 0 Å². The molecule has 2 aromatic rings. The Morgan fingerprint density at radius 3 is 2.96 bits per heavy atom. The highest BCUT2D eigenvalue weighted by Crippen LogP contribution is 2.22. The first-order valence-corrected chi connectivity index (χ1v) is 9.49. The van der Waals surface area contributed by atoms with Crippen molar-refractivity contribution in [2.45, 2.75) is 26.2 Å². The summed E-state index contributed by atoms with van der Waals surface area (Å²) in [4.78, 5) is 19.8. The number of aromatic nitrogens is 1. The lowest BCUT2D eigenvalue weighted by atomic mass is 9.99. The molecule has 1 aliphatic rings. The normalized spacial score (nSPS) is 16.2. The highest BCUT2D eigenvalue weighted by atomic mass is 35.5. The predicted octanol–water partition coefficient (Wildman–Crippen LogP) is 4.06. The number of anilines is 1. The molecule has 1 N–H and O–H groups in total. The van der Waals surface area contributed by atoms with Crippen molar-refractivity contribution in [2.75, 3.05) is 25.0 Å². The van der Waals surface area contributed by atoms with Gasteiger partial charge in [0, 0.05) is 22.5 Å². The van der Waals surface area contributed by atoms with Crippen LogP contribution in [0.15, 0.2) is 30.5 Å². The van der Waals surface area contributed by atoms with E-state index in [1.165, 1.54) is 24.2 Å². The lowest BCUT2D eigenvalue weighted by molar-refractivity contribution is -0.117. The fraction of sp³-hybridized carbons (Fsp3) is 0.444. The van der Waals surface area contributed by atoms with Gasteiger partial charge < -0.3 is 5.32 Å². The molecule has 3 rings (SSSR count). The summed E-state index contributed by atoms with van der Waals surface area (Å²) in [5.41, 5.74) is 1.14. The van der Waals surface area contributed by atoms with Gasteiger partial charge in [-0.3, -0.25) is 9.69 Å². The van der Waals surface area contributed by atoms with Gasteiger partial charge >= 0.3 is 0 Å². The van der Waals surface area contributed by atoms with Gasteiger partial charge in [0.1, 0.15) is 0 Å². The maximum Gasteiger partial charge on any atom is 0.240 e. The Kier molecular flexibility index (Phi) is 5.87. The first kappa shape index (κ1) is 17.4. The molecular weight excluding hydrogens is 342 g/mol. The maximum atomic E-state index is 12.2. The molecule has 4 nitrogen and oxygen atoms in total. The van der Waals surface area contributed by atoms with E-state index in [-0.39, 0.29) is 5.91 Å². The van der Waals surface area contributed by atoms with Gasteiger partial charge in [0.25, 0.3) is 0 Å². The van der Waals surface area contributed by atoms with Gasteiger partial charge in [-0.1, -0.05) is 30.7 Å². The van der Waals surface area contributed by atoms with Crippen molar-refractivity contribution in [3.05, 3.63) is 45.9 Å². The van der Waals surface area contributed by atoms with Gasteiger partial charge in [0.05, 0.1) is 6.54 Å². The van der Waals surface area contributed by atoms with Crippen molar-refractivity contribution in [1.29, 1.82) is 0 Å². The van der Waals surface area contributed by atoms with E-state index in [9.17, 15) is 4.79 Å². The molecule has 1 aromatic heterocycles. The molecular formula is C18H22ClN3OS. The van der Waals surface area contributed by atoms with E-state index in [0.717, 1.165) is 40.9 Å². The monoisotopic (exact) mass is 363 g/mol. The highest BCUT2D eigenvalue weighted by molar-refractivity contribution is 7.15. The third-order valence-corrected chi connectivity index (χ3v) is 5.46. The number of carbonyl (C=O) groups excluding carboxylic acids is 1. The number of amides is 1. The van der Waals surface area contributed by atoms with Crippen LogP contribution in [-0.2, 0) is 11.2 Å². The number of thiazole rings is 1. The molecule has 0 spiro atoms. The number of hydrogen-bond acceptors (Lipinski definition) is 4. The molecule has 0 unspecified atom stereocenters. The van der Waals surface area contributed by atoms with Crippen LogP contribution >= 0.6 is 22.9 Å². The van der Waals surface area contributed by atoms with Crippen LogP contribution in [-0.4, -0.2) is 35.4 Å². The summed E-state index contributed by atoms with van der Waals surface area (Å²) in [5.74, 6) is 0.797. The summed E-state index contributed by atoms with van der Waals surface area (Å²) in [6.07, 6.45) is 4.95. The molecule has 0 aliphatic carbocycles. The summed E-state index contributed by atoms with van der Waals surface area (Å²) in [7, 11) is 0. The SMILES string of the molecule is CC1CCN(CC(=O)Nc2ncc(Cc3cccc(Cl)c3)s2)CC1. The molecule has 24 heavy (non-hydrogen) atoms. The van der Waals surface area contributed by atoms with Crippen molar-refractivity contribution >= 4 is 34.0 Å². The van der Waals surface area contributed by atoms with E-state index in [0.29, 0.717) is 11.7 Å². The minimum atomic E-state index is 0.0215. The molecule has 1 aromatic carbocycles. The highest BCUT2D eigenvalue weighted by Gasteiger charge is 2.18. The first-order valence-electron chi connectivity index (χ1n) is 8.30. The number of nitrogens with zero attached hydrogens (tertiary/aromatic N) is 2. The molecule has 128 valence electrons. The molecule has 0 bridgehead atoms. The van der Waals surface area contributed by atoms with Crippen LogP contribution in [0.1, 0.15) is 30.2 Å². The van der Waals surface area contributed by atoms with Crippen LogP contribution in [0.25, 0.3) is 0 Å². The van der Waals surface area contributed by atoms with Gasteiger partial charge in [-0.25, -0.2) is 4.98 Å². The number of likely N-dealkylation sites (tertiary alicyclic amines) is 1. The van der Waals surface area contributed by atoms with Gasteiger partial charge in [-0.15, -0.1) is 11.3 Å². The average Bonchev–Trinajstić information content (AvgIpc) is 2.96. The van der Waals surface area contributed by atoms with Crippen molar-refractivity contribution < 1.29 is 4.79 Å². The second-order valence-corrected chi connectivity index (χ2v) is 8.00. The lowest BCUT2D eigenvalue weighted by Crippen LogP contribution is -2.38. The van der Waals surface area contributed by atoms with Crippen molar-refractivity contribution in [3.63, 3.8) is 0 Å². The number of carbonyl (C=O) groups is 1. The lowest BCUT2D eigenvalue weighted by Gasteiger charge is -2.29. The molecule has 2 heterocycles. The van der Waals surface area contributed by atoms with Crippen LogP contribution in [0.4, 0.5) is 5.13 Å². The maximum absolute atomic E-state index is 12.2. The van der Waals surface area contributed by atoms with E-state index >= 15 is 0 Å². The summed E-state index contributed by atoms with van der Waals surface area (Å²) in [5, 5.41) is 4.33. The number of rotatable bonds is 5. The molecule has 1 amide bonds. The third kappa shape index (κ3) is 5.03. The topological polar surface area (TPSA) is 45.2 Å². The van der Waals surface area contributed by atoms with E-state index in [1.807, 2.05) is 30.5 Å². The fourth-order valence-electron chi connectivity index (χ4n) is 2.88. The summed E-state index contributed by atoms with van der Waals surface area (Å²) in [6, 6.07) is 7.81. The van der Waals surface area contributed by atoms with E-state index < -0.39 is 0 Å². The first-order chi connectivity index (χ1) is 11.6. The summed E-state index contributed by atoms with van der Waals surface area (Å²) >= 11 is 7.53. The molecule has 6 heteroatoms. The molecule has 1 fully saturated rings. The second kappa shape index (κ2) is 8.10. The van der Waals surface area contributed by atoms with Gasteiger partial charge in [0.2, 0.25) is 5.91 Å². The van der Waals surface area contributed by atoms with Crippen LogP contribution in [0, 0.1) is 5.92 Å². The van der Waals surface area contributed by atoms with Crippen molar-refractivity contribution in [3.8, 4) is 0 Å². The Morgan fingerprint density at radius 2 is 2.21 bits per heavy atom. The number of hydrogen-bond donors (Lipinski definition) is 1. The molecule has 0 saturated carbocycles. The smallest absolute Gasteiger partial charge is 0.240 e. The average molecular weight is 364 g/mol. The third-order valence-electron chi connectivity index (χ3n) is 4.31. The summed E-state index contributed by atoms with van der Waals surface area (Å²) < 4.78 is 0. The zero-order valence-corrected chi connectivity index (χ0v) is 15.4. The Morgan fingerprint density at radius 1 is 1.42 bits per heavy atom. The zero-order valence-electron chi connectivity index (χ0n) is 13.8. The molecule has 1 aliphatic heterocycles. The fourth-order valence-corrected chi connectivity index (χ4v) is 3.95. The second-order valence-electron chi connectivity index (χ2n) is 6.45. The van der Waals surface area contributed by atoms with Crippen molar-refractivity contribution in [1.82, 2.24) is 9.88 Å². The number of halogens is 1. The Labute approximate surface area is 151 Å². The largest absolute Gasteiger partial charge is 0.301 e. The zero-order chi connectivity index (χ0) is 16.9. The minimum absolute atomic E-state index is 0.0215. The van der Waals surface area contributed by atoms with E-state index in [2.05, 4.69) is 22.1 Å². The van der Waals surface area contributed by atoms with Crippen LogP contribution in [0.3, 0.4) is 0 Å². The molecule has 0 atom stereocenters. The quantitative estimate of drug-likeness (QED) is 0.871. The standard InChI is InChI=1S/C18H22ClN3OS/c1-13-5-7-22(8-6-13)12-17(23)21-18-20-11-16(24-18)10-14-3-2-4-15(19)9-14/h2-4,9,11,13H,5-8,10,12H2,1H3,(H,20,21,23). The predicted molar refractivity (Wildman–Crippen MR) is 99.8 cm³/mol. The number of benzene rings is 1. The van der Waals surface area contributed by atoms with E-state index in [4.69, 9.17) is 11.6 Å². The van der Waals surface area contributed by atoms with Crippen LogP contribution < -0.4 is 5.32 Å². The Hall–Kier alpha value is -1.43. The number of piperidine rings is 1. The molecule has 1 saturated heterocycles. The van der Waals surface area contributed by atoms with Gasteiger partial charge in [-0.2, -0.15) is 0 Å². The van der Waals surface area contributed by atoms with Gasteiger partial charge in [0.15, 0.2) is 5.13 Å². The van der Waals surface area contributed by atoms with Crippen LogP contribution in [0.2, 0.25) is 5.02 Å². The Bertz CT molecular complexity index is 695. The van der Waals surface area contributed by atoms with Gasteiger partial charge in [-0.05, 0) is 49.5 Å². The summed E-state index contributed by atoms with van der Waals surface area (Å²) in [6.45, 7) is 4.74. The Balaban J connectivity index is 1.51. The molecule has 0 radical (unpaired) electrons. The minimum Gasteiger partial charge on any atom is -0.301 e. The number of nitrogens with one attached hydrogen (secondary N) is 1. The van der Waals surface area contributed by atoms with Crippen molar-refractivity contribution in [2.24, 2.45) is 5.92 Å². The van der Waals surface area contributed by atoms with E-state index in [1.54, 1.807) is 0 Å².